The standard InChI is InChI=1S/C17H11F3N2O3S/c18-17(19,20)25-11-7-5-10(6-8-11)22-14(23)9-26-16(22)12-3-1-2-4-13(12)21-15(16)24/h1-8H,9H2,(H,21,24)/t16-/m1/s1. The summed E-state index contributed by atoms with van der Waals surface area (Å²) in [7, 11) is 0. The molecule has 2 aliphatic rings. The number of ether oxygens (including phenoxy) is 1. The lowest BCUT2D eigenvalue weighted by Crippen LogP contribution is -2.47. The summed E-state index contributed by atoms with van der Waals surface area (Å²) < 4.78 is 40.8. The van der Waals surface area contributed by atoms with Gasteiger partial charge in [0.05, 0.1) is 5.75 Å². The molecule has 0 aromatic heterocycles. The molecule has 1 N–H and O–H groups in total. The van der Waals surface area contributed by atoms with Crippen molar-refractivity contribution in [2.45, 2.75) is 11.2 Å². The fraction of sp³-hybridized carbons (Fsp3) is 0.176. The minimum Gasteiger partial charge on any atom is -0.406 e. The van der Waals surface area contributed by atoms with Gasteiger partial charge >= 0.3 is 6.36 Å². The Labute approximate surface area is 150 Å². The van der Waals surface area contributed by atoms with Crippen molar-refractivity contribution in [2.24, 2.45) is 0 Å². The minimum absolute atomic E-state index is 0.0859. The minimum atomic E-state index is -4.80. The van der Waals surface area contributed by atoms with Crippen LogP contribution in [0, 0.1) is 0 Å². The molecule has 1 fully saturated rings. The number of alkyl halides is 3. The van der Waals surface area contributed by atoms with Gasteiger partial charge in [0.2, 0.25) is 10.8 Å². The summed E-state index contributed by atoms with van der Waals surface area (Å²) in [6.07, 6.45) is -4.80. The van der Waals surface area contributed by atoms with Gasteiger partial charge in [0.15, 0.2) is 0 Å². The van der Waals surface area contributed by atoms with Gasteiger partial charge < -0.3 is 10.1 Å². The highest BCUT2D eigenvalue weighted by Crippen LogP contribution is 2.53. The summed E-state index contributed by atoms with van der Waals surface area (Å²) in [6.45, 7) is 0. The molecule has 1 spiro atoms. The number of hydrogen-bond donors (Lipinski definition) is 1. The molecule has 2 amide bonds. The van der Waals surface area contributed by atoms with Gasteiger partial charge in [-0.2, -0.15) is 0 Å². The van der Waals surface area contributed by atoms with Gasteiger partial charge in [-0.25, -0.2) is 0 Å². The molecular formula is C17H11F3N2O3S. The highest BCUT2D eigenvalue weighted by atomic mass is 32.2. The van der Waals surface area contributed by atoms with E-state index in [2.05, 4.69) is 10.1 Å². The van der Waals surface area contributed by atoms with Gasteiger partial charge in [-0.1, -0.05) is 18.2 Å². The van der Waals surface area contributed by atoms with Crippen molar-refractivity contribution in [3.8, 4) is 5.75 Å². The molecule has 26 heavy (non-hydrogen) atoms. The Kier molecular flexibility index (Phi) is 3.65. The van der Waals surface area contributed by atoms with E-state index in [1.807, 2.05) is 0 Å². The first-order valence-electron chi connectivity index (χ1n) is 7.55. The van der Waals surface area contributed by atoms with E-state index in [0.717, 1.165) is 12.1 Å². The average Bonchev–Trinajstić information content (AvgIpc) is 3.06. The summed E-state index contributed by atoms with van der Waals surface area (Å²) >= 11 is 1.18. The first kappa shape index (κ1) is 16.8. The van der Waals surface area contributed by atoms with Crippen LogP contribution in [0.1, 0.15) is 5.56 Å². The number of carbonyl (C=O) groups excluding carboxylic acids is 2. The van der Waals surface area contributed by atoms with Gasteiger partial charge in [0.25, 0.3) is 5.91 Å². The molecule has 134 valence electrons. The van der Waals surface area contributed by atoms with Crippen LogP contribution in [0.25, 0.3) is 0 Å². The van der Waals surface area contributed by atoms with Crippen molar-refractivity contribution in [3.63, 3.8) is 0 Å². The van der Waals surface area contributed by atoms with E-state index in [0.29, 0.717) is 16.9 Å². The van der Waals surface area contributed by atoms with Crippen LogP contribution in [0.3, 0.4) is 0 Å². The first-order valence-corrected chi connectivity index (χ1v) is 8.53. The van der Waals surface area contributed by atoms with Crippen LogP contribution in [0.15, 0.2) is 48.5 Å². The molecule has 5 nitrogen and oxygen atoms in total. The van der Waals surface area contributed by atoms with Crippen molar-refractivity contribution >= 4 is 35.0 Å². The summed E-state index contributed by atoms with van der Waals surface area (Å²) in [5.41, 5.74) is 1.58. The Hall–Kier alpha value is -2.68. The number of halogens is 3. The Morgan fingerprint density at radius 3 is 2.46 bits per heavy atom. The normalized spacial score (nSPS) is 21.9. The number of anilines is 2. The Balaban J connectivity index is 1.76. The smallest absolute Gasteiger partial charge is 0.406 e. The number of benzene rings is 2. The van der Waals surface area contributed by atoms with Crippen LogP contribution in [-0.4, -0.2) is 23.9 Å². The quantitative estimate of drug-likeness (QED) is 0.867. The van der Waals surface area contributed by atoms with E-state index >= 15 is 0 Å². The topological polar surface area (TPSA) is 58.6 Å². The third-order valence-electron chi connectivity index (χ3n) is 4.15. The van der Waals surface area contributed by atoms with E-state index in [4.69, 9.17) is 0 Å². The maximum Gasteiger partial charge on any atom is 0.573 e. The molecule has 0 unspecified atom stereocenters. The molecular weight excluding hydrogens is 369 g/mol. The van der Waals surface area contributed by atoms with Crippen molar-refractivity contribution in [1.29, 1.82) is 0 Å². The fourth-order valence-electron chi connectivity index (χ4n) is 3.18. The molecule has 2 aromatic rings. The van der Waals surface area contributed by atoms with Gasteiger partial charge in [-0.05, 0) is 30.3 Å². The summed E-state index contributed by atoms with van der Waals surface area (Å²) in [6, 6.07) is 11.9. The Morgan fingerprint density at radius 2 is 1.77 bits per heavy atom. The number of nitrogens with zero attached hydrogens (tertiary/aromatic N) is 1. The largest absolute Gasteiger partial charge is 0.573 e. The van der Waals surface area contributed by atoms with Crippen LogP contribution in [0.2, 0.25) is 0 Å². The van der Waals surface area contributed by atoms with Crippen LogP contribution in [0.5, 0.6) is 5.75 Å². The first-order chi connectivity index (χ1) is 12.3. The van der Waals surface area contributed by atoms with Gasteiger partial charge in [-0.3, -0.25) is 14.5 Å². The zero-order valence-corrected chi connectivity index (χ0v) is 13.9. The van der Waals surface area contributed by atoms with E-state index in [9.17, 15) is 22.8 Å². The van der Waals surface area contributed by atoms with E-state index in [1.165, 1.54) is 28.8 Å². The van der Waals surface area contributed by atoms with Crippen molar-refractivity contribution in [3.05, 3.63) is 54.1 Å². The van der Waals surface area contributed by atoms with Crippen molar-refractivity contribution < 1.29 is 27.5 Å². The van der Waals surface area contributed by atoms with Crippen LogP contribution in [-0.2, 0) is 14.5 Å². The van der Waals surface area contributed by atoms with Crippen LogP contribution >= 0.6 is 11.8 Å². The number of carbonyl (C=O) groups is 2. The lowest BCUT2D eigenvalue weighted by Gasteiger charge is -2.32. The highest BCUT2D eigenvalue weighted by Gasteiger charge is 2.58. The number of para-hydroxylation sites is 1. The predicted molar refractivity (Wildman–Crippen MR) is 89.8 cm³/mol. The third kappa shape index (κ3) is 2.50. The number of nitrogens with one attached hydrogen (secondary N) is 1. The number of rotatable bonds is 2. The molecule has 1 saturated heterocycles. The molecule has 2 aromatic carbocycles. The molecule has 1 atom stereocenters. The van der Waals surface area contributed by atoms with Gasteiger partial charge in [0.1, 0.15) is 5.75 Å². The average molecular weight is 380 g/mol. The monoisotopic (exact) mass is 380 g/mol. The van der Waals surface area contributed by atoms with E-state index in [-0.39, 0.29) is 17.6 Å². The lowest BCUT2D eigenvalue weighted by atomic mass is 10.0. The van der Waals surface area contributed by atoms with Crippen LogP contribution < -0.4 is 15.0 Å². The van der Waals surface area contributed by atoms with Crippen molar-refractivity contribution in [1.82, 2.24) is 0 Å². The maximum absolute atomic E-state index is 12.7. The number of fused-ring (bicyclic) bond motifs is 2. The molecule has 4 rings (SSSR count). The molecule has 0 aliphatic carbocycles. The summed E-state index contributed by atoms with van der Waals surface area (Å²) in [4.78, 5) is 25.3. The number of thioether (sulfide) groups is 1. The predicted octanol–water partition coefficient (Wildman–Crippen LogP) is 3.47. The second kappa shape index (κ2) is 5.66. The van der Waals surface area contributed by atoms with Crippen LogP contribution in [0.4, 0.5) is 24.5 Å². The number of amides is 2. The molecule has 0 bridgehead atoms. The van der Waals surface area contributed by atoms with Crippen molar-refractivity contribution in [2.75, 3.05) is 16.0 Å². The van der Waals surface area contributed by atoms with Gasteiger partial charge in [0, 0.05) is 16.9 Å². The maximum atomic E-state index is 12.7. The second-order valence-electron chi connectivity index (χ2n) is 5.70. The molecule has 9 heteroatoms. The SMILES string of the molecule is O=C1CS[C@]2(C(=O)Nc3ccccc32)N1c1ccc(OC(F)(F)F)cc1. The molecule has 0 radical (unpaired) electrons. The lowest BCUT2D eigenvalue weighted by molar-refractivity contribution is -0.274. The third-order valence-corrected chi connectivity index (χ3v) is 5.54. The molecule has 2 aliphatic heterocycles. The Morgan fingerprint density at radius 1 is 1.08 bits per heavy atom. The summed E-state index contributed by atoms with van der Waals surface area (Å²) in [5, 5.41) is 2.77. The fourth-order valence-corrected chi connectivity index (χ4v) is 4.49. The zero-order valence-electron chi connectivity index (χ0n) is 13.0. The summed E-state index contributed by atoms with van der Waals surface area (Å²) in [5.74, 6) is -0.967. The van der Waals surface area contributed by atoms with E-state index in [1.54, 1.807) is 24.3 Å². The van der Waals surface area contributed by atoms with Gasteiger partial charge in [-0.15, -0.1) is 24.9 Å². The van der Waals surface area contributed by atoms with E-state index < -0.39 is 17.0 Å². The number of hydrogen-bond acceptors (Lipinski definition) is 4. The zero-order chi connectivity index (χ0) is 18.5. The Bertz CT molecular complexity index is 901. The molecule has 2 heterocycles. The molecule has 0 saturated carbocycles. The second-order valence-corrected chi connectivity index (χ2v) is 6.87. The highest BCUT2D eigenvalue weighted by molar-refractivity contribution is 8.02.